The minimum Gasteiger partial charge on any atom is -0.462 e. The first-order valence-corrected chi connectivity index (χ1v) is 43.5. The zero-order valence-electron chi connectivity index (χ0n) is 64.5. The molecule has 0 aliphatic carbocycles. The molecule has 0 bridgehead atoms. The third-order valence-electron chi connectivity index (χ3n) is 17.0. The number of ether oxygens (including phenoxy) is 4. The van der Waals surface area contributed by atoms with Crippen LogP contribution in [0.5, 0.6) is 0 Å². The Morgan fingerprint density at radius 1 is 0.284 bits per heavy atom. The summed E-state index contributed by atoms with van der Waals surface area (Å²) in [6, 6.07) is 0. The topological polar surface area (TPSA) is 237 Å². The number of phosphoric acid groups is 2. The van der Waals surface area contributed by atoms with E-state index in [1.807, 2.05) is 0 Å². The maximum Gasteiger partial charge on any atom is 0.472 e. The van der Waals surface area contributed by atoms with Crippen LogP contribution in [0.15, 0.2) is 97.2 Å². The Kier molecular flexibility index (Phi) is 72.3. The van der Waals surface area contributed by atoms with Crippen molar-refractivity contribution in [3.63, 3.8) is 0 Å². The minimum absolute atomic E-state index is 0.0799. The molecule has 0 spiro atoms. The van der Waals surface area contributed by atoms with Gasteiger partial charge in [0.15, 0.2) is 12.2 Å². The van der Waals surface area contributed by atoms with Crippen LogP contribution in [0.4, 0.5) is 0 Å². The van der Waals surface area contributed by atoms with Crippen molar-refractivity contribution in [1.29, 1.82) is 0 Å². The first-order chi connectivity index (χ1) is 49.7. The molecular weight excluding hydrogens is 1330 g/mol. The van der Waals surface area contributed by atoms with Gasteiger partial charge in [-0.2, -0.15) is 0 Å². The normalized spacial score (nSPS) is 14.4. The lowest BCUT2D eigenvalue weighted by atomic mass is 10.0. The van der Waals surface area contributed by atoms with Crippen molar-refractivity contribution >= 4 is 39.5 Å². The predicted molar refractivity (Wildman–Crippen MR) is 418 cm³/mol. The molecule has 3 N–H and O–H groups in total. The van der Waals surface area contributed by atoms with E-state index in [2.05, 4.69) is 125 Å². The third kappa shape index (κ3) is 74.3. The van der Waals surface area contributed by atoms with Gasteiger partial charge < -0.3 is 33.8 Å². The number of carbonyl (C=O) groups is 4. The molecule has 5 unspecified atom stereocenters. The van der Waals surface area contributed by atoms with E-state index in [1.54, 1.807) is 0 Å². The second kappa shape index (κ2) is 75.2. The molecule has 19 heteroatoms. The van der Waals surface area contributed by atoms with Crippen LogP contribution in [0.2, 0.25) is 0 Å². The number of hydrogen-bond donors (Lipinski definition) is 3. The molecule has 0 aliphatic heterocycles. The van der Waals surface area contributed by atoms with E-state index >= 15 is 0 Å². The summed E-state index contributed by atoms with van der Waals surface area (Å²) in [4.78, 5) is 73.0. The molecule has 0 aromatic rings. The lowest BCUT2D eigenvalue weighted by Gasteiger charge is -2.21. The average molecular weight is 1480 g/mol. The summed E-state index contributed by atoms with van der Waals surface area (Å²) in [6.07, 6.45) is 79.5. The predicted octanol–water partition coefficient (Wildman–Crippen LogP) is 23.6. The summed E-state index contributed by atoms with van der Waals surface area (Å²) in [5, 5.41) is 10.6. The maximum atomic E-state index is 13.1. The molecule has 0 saturated heterocycles. The summed E-state index contributed by atoms with van der Waals surface area (Å²) in [6.45, 7) is 4.64. The molecule has 5 atom stereocenters. The van der Waals surface area contributed by atoms with Crippen LogP contribution in [-0.4, -0.2) is 96.7 Å². The molecule has 0 aliphatic rings. The Labute approximate surface area is 620 Å². The van der Waals surface area contributed by atoms with E-state index in [-0.39, 0.29) is 25.7 Å². The van der Waals surface area contributed by atoms with Gasteiger partial charge in [-0.15, -0.1) is 0 Å². The van der Waals surface area contributed by atoms with Gasteiger partial charge in [-0.3, -0.25) is 37.3 Å². The number of phosphoric ester groups is 2. The van der Waals surface area contributed by atoms with Crippen LogP contribution >= 0.6 is 15.6 Å². The van der Waals surface area contributed by atoms with Gasteiger partial charge in [-0.1, -0.05) is 298 Å². The van der Waals surface area contributed by atoms with Gasteiger partial charge in [-0.25, -0.2) is 9.13 Å². The largest absolute Gasteiger partial charge is 0.472 e. The Morgan fingerprint density at radius 3 is 0.794 bits per heavy atom. The van der Waals surface area contributed by atoms with Crippen molar-refractivity contribution in [1.82, 2.24) is 0 Å². The second-order valence-corrected chi connectivity index (χ2v) is 29.9. The molecule has 17 nitrogen and oxygen atoms in total. The molecule has 0 aromatic heterocycles. The highest BCUT2D eigenvalue weighted by atomic mass is 31.2. The summed E-state index contributed by atoms with van der Waals surface area (Å²) in [5.41, 5.74) is 0. The first kappa shape index (κ1) is 98.0. The molecule has 0 rings (SSSR count). The Balaban J connectivity index is 5.38. The van der Waals surface area contributed by atoms with Gasteiger partial charge >= 0.3 is 39.5 Å². The van der Waals surface area contributed by atoms with Gasteiger partial charge in [-0.05, 0) is 122 Å². The van der Waals surface area contributed by atoms with E-state index in [9.17, 15) is 43.2 Å². The van der Waals surface area contributed by atoms with Crippen molar-refractivity contribution in [3.8, 4) is 0 Å². The average Bonchev–Trinajstić information content (AvgIpc) is 0.923. The van der Waals surface area contributed by atoms with Gasteiger partial charge in [0.25, 0.3) is 0 Å². The lowest BCUT2D eigenvalue weighted by molar-refractivity contribution is -0.161. The van der Waals surface area contributed by atoms with Gasteiger partial charge in [0.05, 0.1) is 26.4 Å². The first-order valence-electron chi connectivity index (χ1n) is 40.5. The number of aliphatic hydroxyl groups is 1. The van der Waals surface area contributed by atoms with Gasteiger partial charge in [0.1, 0.15) is 19.3 Å². The number of allylic oxidation sites excluding steroid dienone is 16. The smallest absolute Gasteiger partial charge is 0.462 e. The quantitative estimate of drug-likeness (QED) is 0.0169. The fraction of sp³-hybridized carbons (Fsp3) is 0.759. The monoisotopic (exact) mass is 1480 g/mol. The minimum atomic E-state index is -4.98. The molecular formula is C83H146O17P2. The zero-order chi connectivity index (χ0) is 74.6. The molecule has 0 aromatic carbocycles. The molecule has 0 heterocycles. The van der Waals surface area contributed by atoms with Gasteiger partial charge in [0.2, 0.25) is 0 Å². The SMILES string of the molecule is CC/C=C\C/C=C\C/C=C\C/C=C\CCCCCCC(=O)OCC(COP(=O)(O)OCC(O)COP(=O)(O)OCC(COC(=O)CCCCCCC/C=C\C/C=C\C/C=C\CC)OC(=O)CCCCCCCCCCCCCCCCC)OC(=O)CCCCCCC/C=C\CCCCCCCC. The number of rotatable bonds is 76. The summed E-state index contributed by atoms with van der Waals surface area (Å²) >= 11 is 0. The maximum absolute atomic E-state index is 13.1. The fourth-order valence-electron chi connectivity index (χ4n) is 10.9. The van der Waals surface area contributed by atoms with E-state index in [4.69, 9.17) is 37.0 Å². The number of esters is 4. The number of aliphatic hydroxyl groups excluding tert-OH is 1. The van der Waals surface area contributed by atoms with E-state index in [0.29, 0.717) is 25.7 Å². The Morgan fingerprint density at radius 2 is 0.510 bits per heavy atom. The van der Waals surface area contributed by atoms with E-state index in [0.717, 1.165) is 167 Å². The van der Waals surface area contributed by atoms with Crippen molar-refractivity contribution in [2.45, 2.75) is 367 Å². The zero-order valence-corrected chi connectivity index (χ0v) is 66.3. The number of unbranched alkanes of at least 4 members (excludes halogenated alkanes) is 34. The highest BCUT2D eigenvalue weighted by Crippen LogP contribution is 2.45. The summed E-state index contributed by atoms with van der Waals surface area (Å²) in [7, 11) is -9.96. The van der Waals surface area contributed by atoms with Gasteiger partial charge in [0, 0.05) is 25.7 Å². The molecule has 0 radical (unpaired) electrons. The van der Waals surface area contributed by atoms with Crippen LogP contribution in [0.3, 0.4) is 0 Å². The Bertz CT molecular complexity index is 2310. The van der Waals surface area contributed by atoms with Crippen LogP contribution in [0.25, 0.3) is 0 Å². The molecule has 590 valence electrons. The van der Waals surface area contributed by atoms with E-state index in [1.165, 1.54) is 103 Å². The standard InChI is InChI=1S/C83H146O17P2/c1-5-9-13-17-21-25-29-33-37-38-42-44-48-52-56-60-64-68-81(86)94-74-79(100-83(88)70-66-62-58-54-50-46-41-36-32-28-24-20-16-12-8-4)76-98-102(91,92)96-72-77(84)71-95-101(89,90)97-75-78(99-82(87)69-65-61-57-53-49-45-40-35-31-27-23-19-15-11-7-3)73-93-80(85)67-63-59-55-51-47-43-39-34-30-26-22-18-14-10-6-2/h9-10,13-14,21-22,25-26,33-34,36-37,39,41-42,44,77-79,84H,5-8,11-12,15-20,23-24,27-32,35,38,40,43,45-76H2,1-4H3,(H,89,90)(H,91,92)/b13-9-,14-10-,25-21-,26-22-,37-33-,39-34-,41-36-,44-42-. The number of carbonyl (C=O) groups excluding carboxylic acids is 4. The fourth-order valence-corrected chi connectivity index (χ4v) is 12.5. The van der Waals surface area contributed by atoms with Crippen molar-refractivity contribution in [2.75, 3.05) is 39.6 Å². The third-order valence-corrected chi connectivity index (χ3v) is 18.9. The van der Waals surface area contributed by atoms with E-state index < -0.39 is 97.5 Å². The molecule has 0 fully saturated rings. The number of hydrogen-bond acceptors (Lipinski definition) is 15. The second-order valence-electron chi connectivity index (χ2n) is 27.0. The van der Waals surface area contributed by atoms with Crippen molar-refractivity contribution in [3.05, 3.63) is 97.2 Å². The van der Waals surface area contributed by atoms with Crippen LogP contribution in [-0.2, 0) is 65.4 Å². The highest BCUT2D eigenvalue weighted by Gasteiger charge is 2.30. The molecule has 0 amide bonds. The lowest BCUT2D eigenvalue weighted by Crippen LogP contribution is -2.30. The van der Waals surface area contributed by atoms with Crippen LogP contribution in [0.1, 0.15) is 349 Å². The summed E-state index contributed by atoms with van der Waals surface area (Å²) in [5.74, 6) is -2.21. The van der Waals surface area contributed by atoms with Crippen molar-refractivity contribution < 1.29 is 80.2 Å². The summed E-state index contributed by atoms with van der Waals surface area (Å²) < 4.78 is 68.6. The molecule has 0 saturated carbocycles. The van der Waals surface area contributed by atoms with Crippen LogP contribution in [0, 0.1) is 0 Å². The highest BCUT2D eigenvalue weighted by molar-refractivity contribution is 7.47. The van der Waals surface area contributed by atoms with Crippen LogP contribution < -0.4 is 0 Å². The molecule has 102 heavy (non-hydrogen) atoms. The van der Waals surface area contributed by atoms with Crippen molar-refractivity contribution in [2.24, 2.45) is 0 Å². The Hall–Kier alpha value is -4.02.